The summed E-state index contributed by atoms with van der Waals surface area (Å²) < 4.78 is 0. The number of nitrogens with zero attached hydrogens (tertiary/aromatic N) is 2. The van der Waals surface area contributed by atoms with E-state index < -0.39 is 0 Å². The molecule has 3 rings (SSSR count). The Morgan fingerprint density at radius 2 is 1.87 bits per heavy atom. The lowest BCUT2D eigenvalue weighted by Crippen LogP contribution is -2.21. The minimum absolute atomic E-state index is 0.0299. The van der Waals surface area contributed by atoms with Crippen LogP contribution in [0.5, 0.6) is 11.5 Å². The summed E-state index contributed by atoms with van der Waals surface area (Å²) in [6.45, 7) is 1.92. The minimum atomic E-state index is -0.236. The van der Waals surface area contributed by atoms with Gasteiger partial charge in [-0.15, -0.1) is 0 Å². The first-order chi connectivity index (χ1) is 11.1. The van der Waals surface area contributed by atoms with Gasteiger partial charge < -0.3 is 10.2 Å². The lowest BCUT2D eigenvalue weighted by atomic mass is 10.0. The topological polar surface area (TPSA) is 73.1 Å². The van der Waals surface area contributed by atoms with Gasteiger partial charge in [0.15, 0.2) is 0 Å². The second-order valence-electron chi connectivity index (χ2n) is 5.15. The number of rotatable bonds is 3. The zero-order chi connectivity index (χ0) is 16.4. The van der Waals surface area contributed by atoms with Crippen LogP contribution in [0.2, 0.25) is 0 Å². The number of hydrogen-bond donors (Lipinski definition) is 2. The molecule has 0 spiro atoms. The third-order valence-corrected chi connectivity index (χ3v) is 3.60. The van der Waals surface area contributed by atoms with Gasteiger partial charge in [-0.25, -0.2) is 0 Å². The van der Waals surface area contributed by atoms with Gasteiger partial charge in [0.05, 0.1) is 17.0 Å². The second kappa shape index (κ2) is 5.96. The summed E-state index contributed by atoms with van der Waals surface area (Å²) in [6.07, 6.45) is 2.20. The minimum Gasteiger partial charge on any atom is -0.508 e. The van der Waals surface area contributed by atoms with E-state index in [-0.39, 0.29) is 17.4 Å². The van der Waals surface area contributed by atoms with Gasteiger partial charge in [0.2, 0.25) is 0 Å². The molecule has 2 aromatic carbocycles. The first kappa shape index (κ1) is 14.8. The number of aromatic hydroxyl groups is 2. The predicted molar refractivity (Wildman–Crippen MR) is 89.4 cm³/mol. The third kappa shape index (κ3) is 2.81. The molecule has 5 heteroatoms. The summed E-state index contributed by atoms with van der Waals surface area (Å²) in [5, 5.41) is 25.0. The first-order valence-corrected chi connectivity index (χ1v) is 7.31. The van der Waals surface area contributed by atoms with Crippen molar-refractivity contribution in [1.29, 1.82) is 0 Å². The van der Waals surface area contributed by atoms with Gasteiger partial charge in [-0.05, 0) is 36.8 Å². The Labute approximate surface area is 133 Å². The number of phenols is 2. The fourth-order valence-corrected chi connectivity index (χ4v) is 2.42. The molecule has 1 heterocycles. The quantitative estimate of drug-likeness (QED) is 0.855. The highest BCUT2D eigenvalue weighted by Gasteiger charge is 2.30. The van der Waals surface area contributed by atoms with Crippen LogP contribution in [0.3, 0.4) is 0 Å². The van der Waals surface area contributed by atoms with Crippen molar-refractivity contribution in [2.75, 3.05) is 5.01 Å². The molecule has 23 heavy (non-hydrogen) atoms. The summed E-state index contributed by atoms with van der Waals surface area (Å²) >= 11 is 0. The fourth-order valence-electron chi connectivity index (χ4n) is 2.42. The van der Waals surface area contributed by atoms with Crippen molar-refractivity contribution >= 4 is 23.4 Å². The Balaban J connectivity index is 2.01. The van der Waals surface area contributed by atoms with Crippen molar-refractivity contribution in [3.8, 4) is 11.5 Å². The molecule has 0 aliphatic carbocycles. The number of amides is 1. The third-order valence-electron chi connectivity index (χ3n) is 3.60. The van der Waals surface area contributed by atoms with E-state index in [4.69, 9.17) is 0 Å². The molecule has 1 aliphatic rings. The molecule has 2 aromatic rings. The van der Waals surface area contributed by atoms with E-state index in [0.29, 0.717) is 29.0 Å². The average Bonchev–Trinajstić information content (AvgIpc) is 2.87. The highest BCUT2D eigenvalue weighted by molar-refractivity contribution is 6.32. The molecule has 1 amide bonds. The van der Waals surface area contributed by atoms with Crippen LogP contribution in [-0.2, 0) is 4.79 Å². The van der Waals surface area contributed by atoms with Crippen molar-refractivity contribution in [2.24, 2.45) is 5.10 Å². The Bertz CT molecular complexity index is 810. The van der Waals surface area contributed by atoms with E-state index in [2.05, 4.69) is 5.10 Å². The molecular weight excluding hydrogens is 292 g/mol. The van der Waals surface area contributed by atoms with Crippen LogP contribution in [0.4, 0.5) is 5.69 Å². The highest BCUT2D eigenvalue weighted by Crippen LogP contribution is 2.29. The zero-order valence-electron chi connectivity index (χ0n) is 12.6. The summed E-state index contributed by atoms with van der Waals surface area (Å²) in [7, 11) is 0. The molecule has 0 atom stereocenters. The maximum Gasteiger partial charge on any atom is 0.280 e. The smallest absolute Gasteiger partial charge is 0.280 e. The van der Waals surface area contributed by atoms with Crippen LogP contribution in [0.1, 0.15) is 18.9 Å². The molecule has 1 aliphatic heterocycles. The van der Waals surface area contributed by atoms with E-state index in [1.807, 2.05) is 37.3 Å². The molecule has 0 aromatic heterocycles. The average molecular weight is 308 g/mol. The predicted octanol–water partition coefficient (Wildman–Crippen LogP) is 3.29. The van der Waals surface area contributed by atoms with Crippen LogP contribution in [-0.4, -0.2) is 21.8 Å². The summed E-state index contributed by atoms with van der Waals surface area (Å²) in [4.78, 5) is 12.7. The van der Waals surface area contributed by atoms with Crippen LogP contribution < -0.4 is 5.01 Å². The van der Waals surface area contributed by atoms with Crippen LogP contribution >= 0.6 is 0 Å². The number of carbonyl (C=O) groups is 1. The van der Waals surface area contributed by atoms with Crippen LogP contribution in [0.15, 0.2) is 59.2 Å². The maximum atomic E-state index is 12.7. The van der Waals surface area contributed by atoms with Crippen molar-refractivity contribution < 1.29 is 15.0 Å². The van der Waals surface area contributed by atoms with E-state index in [1.165, 1.54) is 17.1 Å². The lowest BCUT2D eigenvalue weighted by molar-refractivity contribution is -0.114. The van der Waals surface area contributed by atoms with E-state index in [1.54, 1.807) is 12.1 Å². The molecule has 0 saturated carbocycles. The van der Waals surface area contributed by atoms with Gasteiger partial charge in [0.25, 0.3) is 5.91 Å². The van der Waals surface area contributed by atoms with Crippen LogP contribution in [0.25, 0.3) is 6.08 Å². The summed E-state index contributed by atoms with van der Waals surface area (Å²) in [6, 6.07) is 13.5. The van der Waals surface area contributed by atoms with E-state index >= 15 is 0 Å². The molecular formula is C18H16N2O3. The molecule has 2 N–H and O–H groups in total. The second-order valence-corrected chi connectivity index (χ2v) is 5.15. The number of benzene rings is 2. The molecule has 116 valence electrons. The SMILES string of the molecule is CCC1=NN(c2ccccc2)C(=O)C1=Cc1ccc(O)cc1O. The Morgan fingerprint density at radius 3 is 2.52 bits per heavy atom. The number of phenolic OH excluding ortho intramolecular Hbond substituents is 2. The number of hydrogen-bond acceptors (Lipinski definition) is 4. The molecule has 0 fully saturated rings. The van der Waals surface area contributed by atoms with Crippen LogP contribution in [0, 0.1) is 0 Å². The number of carbonyl (C=O) groups excluding carboxylic acids is 1. The molecule has 0 saturated heterocycles. The van der Waals surface area contributed by atoms with Gasteiger partial charge in [0, 0.05) is 11.6 Å². The van der Waals surface area contributed by atoms with Crippen molar-refractivity contribution in [3.05, 3.63) is 59.7 Å². The molecule has 0 radical (unpaired) electrons. The lowest BCUT2D eigenvalue weighted by Gasteiger charge is -2.11. The van der Waals surface area contributed by atoms with Gasteiger partial charge in [-0.1, -0.05) is 25.1 Å². The Morgan fingerprint density at radius 1 is 1.13 bits per heavy atom. The standard InChI is InChI=1S/C18H16N2O3/c1-2-16-15(10-12-8-9-14(21)11-17(12)22)18(23)20(19-16)13-6-4-3-5-7-13/h3-11,21-22H,2H2,1H3. The monoisotopic (exact) mass is 308 g/mol. The van der Waals surface area contributed by atoms with E-state index in [9.17, 15) is 15.0 Å². The molecule has 5 nitrogen and oxygen atoms in total. The molecule has 0 bridgehead atoms. The van der Waals surface area contributed by atoms with Gasteiger partial charge in [-0.3, -0.25) is 4.79 Å². The van der Waals surface area contributed by atoms with Gasteiger partial charge >= 0.3 is 0 Å². The van der Waals surface area contributed by atoms with E-state index in [0.717, 1.165) is 0 Å². The number of anilines is 1. The largest absolute Gasteiger partial charge is 0.508 e. The van der Waals surface area contributed by atoms with Crippen molar-refractivity contribution in [3.63, 3.8) is 0 Å². The fraction of sp³-hybridized carbons (Fsp3) is 0.111. The highest BCUT2D eigenvalue weighted by atomic mass is 16.3. The summed E-state index contributed by atoms with van der Waals surface area (Å²) in [5.74, 6) is -0.350. The normalized spacial score (nSPS) is 16.0. The van der Waals surface area contributed by atoms with Gasteiger partial charge in [-0.2, -0.15) is 10.1 Å². The first-order valence-electron chi connectivity index (χ1n) is 7.31. The zero-order valence-corrected chi connectivity index (χ0v) is 12.6. The summed E-state index contributed by atoms with van der Waals surface area (Å²) in [5.41, 5.74) is 2.26. The van der Waals surface area contributed by atoms with Crippen molar-refractivity contribution in [2.45, 2.75) is 13.3 Å². The maximum absolute atomic E-state index is 12.7. The number of para-hydroxylation sites is 1. The molecule has 0 unspecified atom stereocenters. The Hall–Kier alpha value is -3.08. The number of hydrazone groups is 1. The Kier molecular flexibility index (Phi) is 3.85. The van der Waals surface area contributed by atoms with Crippen molar-refractivity contribution in [1.82, 2.24) is 0 Å². The van der Waals surface area contributed by atoms with Gasteiger partial charge in [0.1, 0.15) is 11.5 Å².